The molecule has 4 aliphatic carbocycles. The number of benzene rings is 1. The molecule has 0 spiro atoms. The molecule has 128 valence electrons. The quantitative estimate of drug-likeness (QED) is 0.888. The second-order valence-corrected chi connectivity index (χ2v) is 8.09. The predicted octanol–water partition coefficient (Wildman–Crippen LogP) is 3.59. The fraction of sp³-hybridized carbons (Fsp3) is 0.600. The van der Waals surface area contributed by atoms with Gasteiger partial charge in [0.25, 0.3) is 5.91 Å². The fourth-order valence-corrected chi connectivity index (χ4v) is 5.65. The summed E-state index contributed by atoms with van der Waals surface area (Å²) in [5, 5.41) is 5.92. The van der Waals surface area contributed by atoms with Crippen molar-refractivity contribution in [1.82, 2.24) is 5.32 Å². The van der Waals surface area contributed by atoms with Gasteiger partial charge in [-0.15, -0.1) is 0 Å². The Kier molecular flexibility index (Phi) is 3.86. The molecule has 2 N–H and O–H groups in total. The van der Waals surface area contributed by atoms with E-state index in [0.717, 1.165) is 42.7 Å². The highest BCUT2D eigenvalue weighted by atomic mass is 16.2. The van der Waals surface area contributed by atoms with Crippen LogP contribution in [-0.4, -0.2) is 18.4 Å². The third-order valence-corrected chi connectivity index (χ3v) is 6.24. The average Bonchev–Trinajstić information content (AvgIpc) is 2.54. The Bertz CT molecular complexity index is 632. The summed E-state index contributed by atoms with van der Waals surface area (Å²) in [5.74, 6) is 2.34. The van der Waals surface area contributed by atoms with Crippen LogP contribution in [0, 0.1) is 23.2 Å². The zero-order chi connectivity index (χ0) is 16.7. The molecule has 2 amide bonds. The highest BCUT2D eigenvalue weighted by Crippen LogP contribution is 2.60. The smallest absolute Gasteiger partial charge is 0.251 e. The van der Waals surface area contributed by atoms with Crippen LogP contribution in [0.15, 0.2) is 24.3 Å². The standard InChI is InChI=1S/C20H26N2O2/c1-2-21-18(23)16-4-3-5-17(9-16)22-19(24)20-10-13-6-14(11-20)8-15(7-13)12-20/h3-5,9,13-15H,2,6-8,10-12H2,1H3,(H,21,23)(H,22,24). The molecule has 0 radical (unpaired) electrons. The van der Waals surface area contributed by atoms with Crippen molar-refractivity contribution in [2.45, 2.75) is 45.4 Å². The molecule has 0 aromatic heterocycles. The Labute approximate surface area is 143 Å². The highest BCUT2D eigenvalue weighted by Gasteiger charge is 2.54. The van der Waals surface area contributed by atoms with Crippen molar-refractivity contribution in [3.05, 3.63) is 29.8 Å². The van der Waals surface area contributed by atoms with E-state index >= 15 is 0 Å². The van der Waals surface area contributed by atoms with E-state index in [2.05, 4.69) is 10.6 Å². The molecule has 24 heavy (non-hydrogen) atoms. The van der Waals surface area contributed by atoms with Gasteiger partial charge in [0.1, 0.15) is 0 Å². The SMILES string of the molecule is CCNC(=O)c1cccc(NC(=O)C23CC4CC(CC(C4)C2)C3)c1. The second-order valence-electron chi connectivity index (χ2n) is 8.09. The number of rotatable bonds is 4. The molecule has 1 aromatic rings. The first-order valence-corrected chi connectivity index (χ1v) is 9.28. The third kappa shape index (κ3) is 2.72. The molecule has 0 atom stereocenters. The summed E-state index contributed by atoms with van der Waals surface area (Å²) in [6.45, 7) is 2.50. The molecule has 4 saturated carbocycles. The third-order valence-electron chi connectivity index (χ3n) is 6.24. The van der Waals surface area contributed by atoms with E-state index in [4.69, 9.17) is 0 Å². The summed E-state index contributed by atoms with van der Waals surface area (Å²) in [5.41, 5.74) is 1.18. The van der Waals surface area contributed by atoms with E-state index in [1.54, 1.807) is 12.1 Å². The maximum absolute atomic E-state index is 13.1. The van der Waals surface area contributed by atoms with Crippen LogP contribution in [0.25, 0.3) is 0 Å². The molecule has 1 aromatic carbocycles. The monoisotopic (exact) mass is 326 g/mol. The molecule has 0 saturated heterocycles. The molecule has 4 aliphatic rings. The van der Waals surface area contributed by atoms with Crippen molar-refractivity contribution >= 4 is 17.5 Å². The zero-order valence-electron chi connectivity index (χ0n) is 14.3. The summed E-state index contributed by atoms with van der Waals surface area (Å²) >= 11 is 0. The number of hydrogen-bond acceptors (Lipinski definition) is 2. The van der Waals surface area contributed by atoms with E-state index in [1.165, 1.54) is 19.3 Å². The summed E-state index contributed by atoms with van der Waals surface area (Å²) < 4.78 is 0. The van der Waals surface area contributed by atoms with Gasteiger partial charge in [-0.2, -0.15) is 0 Å². The molecule has 4 heteroatoms. The topological polar surface area (TPSA) is 58.2 Å². The van der Waals surface area contributed by atoms with Gasteiger partial charge in [0.15, 0.2) is 0 Å². The number of carbonyl (C=O) groups is 2. The minimum Gasteiger partial charge on any atom is -0.352 e. The lowest BCUT2D eigenvalue weighted by Crippen LogP contribution is -2.51. The van der Waals surface area contributed by atoms with Crippen LogP contribution in [0.4, 0.5) is 5.69 Å². The summed E-state index contributed by atoms with van der Waals surface area (Å²) in [4.78, 5) is 25.0. The number of nitrogens with one attached hydrogen (secondary N) is 2. The summed E-state index contributed by atoms with van der Waals surface area (Å²) in [6.07, 6.45) is 7.17. The van der Waals surface area contributed by atoms with E-state index < -0.39 is 0 Å². The second kappa shape index (κ2) is 5.91. The van der Waals surface area contributed by atoms with Crippen molar-refractivity contribution in [2.75, 3.05) is 11.9 Å². The van der Waals surface area contributed by atoms with Crippen LogP contribution in [0.3, 0.4) is 0 Å². The van der Waals surface area contributed by atoms with Crippen LogP contribution in [-0.2, 0) is 4.79 Å². The number of hydrogen-bond donors (Lipinski definition) is 2. The molecule has 4 fully saturated rings. The van der Waals surface area contributed by atoms with Crippen molar-refractivity contribution in [3.8, 4) is 0 Å². The van der Waals surface area contributed by atoms with Crippen molar-refractivity contribution in [2.24, 2.45) is 23.2 Å². The average molecular weight is 326 g/mol. The Balaban J connectivity index is 1.50. The lowest BCUT2D eigenvalue weighted by molar-refractivity contribution is -0.140. The van der Waals surface area contributed by atoms with Gasteiger partial charge >= 0.3 is 0 Å². The number of amides is 2. The van der Waals surface area contributed by atoms with Gasteiger partial charge in [0.05, 0.1) is 5.41 Å². The predicted molar refractivity (Wildman–Crippen MR) is 93.7 cm³/mol. The summed E-state index contributed by atoms with van der Waals surface area (Å²) in [7, 11) is 0. The van der Waals surface area contributed by atoms with Crippen molar-refractivity contribution < 1.29 is 9.59 Å². The fourth-order valence-electron chi connectivity index (χ4n) is 5.65. The molecule has 4 nitrogen and oxygen atoms in total. The van der Waals surface area contributed by atoms with Crippen LogP contribution >= 0.6 is 0 Å². The molecule has 5 rings (SSSR count). The molecule has 0 heterocycles. The van der Waals surface area contributed by atoms with Crippen molar-refractivity contribution in [1.29, 1.82) is 0 Å². The Morgan fingerprint density at radius 3 is 2.29 bits per heavy atom. The van der Waals surface area contributed by atoms with Crippen LogP contribution in [0.1, 0.15) is 55.8 Å². The minimum atomic E-state index is -0.156. The lowest BCUT2D eigenvalue weighted by atomic mass is 9.49. The van der Waals surface area contributed by atoms with Gasteiger partial charge in [-0.3, -0.25) is 9.59 Å². The van der Waals surface area contributed by atoms with Crippen molar-refractivity contribution in [3.63, 3.8) is 0 Å². The Morgan fingerprint density at radius 2 is 1.71 bits per heavy atom. The van der Waals surface area contributed by atoms with Gasteiger partial charge < -0.3 is 10.6 Å². The number of anilines is 1. The lowest BCUT2D eigenvalue weighted by Gasteiger charge is -2.55. The van der Waals surface area contributed by atoms with E-state index in [1.807, 2.05) is 19.1 Å². The van der Waals surface area contributed by atoms with E-state index in [9.17, 15) is 9.59 Å². The Morgan fingerprint density at radius 1 is 1.08 bits per heavy atom. The largest absolute Gasteiger partial charge is 0.352 e. The Hall–Kier alpha value is -1.84. The minimum absolute atomic E-state index is 0.0941. The van der Waals surface area contributed by atoms with Gasteiger partial charge in [0.2, 0.25) is 5.91 Å². The first-order valence-electron chi connectivity index (χ1n) is 9.28. The molecule has 0 aliphatic heterocycles. The summed E-state index contributed by atoms with van der Waals surface area (Å²) in [6, 6.07) is 7.27. The highest BCUT2D eigenvalue weighted by molar-refractivity contribution is 5.99. The molecule has 4 bridgehead atoms. The van der Waals surface area contributed by atoms with Gasteiger partial charge in [-0.1, -0.05) is 6.07 Å². The van der Waals surface area contributed by atoms with Crippen LogP contribution < -0.4 is 10.6 Å². The van der Waals surface area contributed by atoms with E-state index in [-0.39, 0.29) is 17.2 Å². The van der Waals surface area contributed by atoms with E-state index in [0.29, 0.717) is 12.1 Å². The van der Waals surface area contributed by atoms with Gasteiger partial charge in [-0.25, -0.2) is 0 Å². The maximum atomic E-state index is 13.1. The van der Waals surface area contributed by atoms with Crippen LogP contribution in [0.2, 0.25) is 0 Å². The molecular weight excluding hydrogens is 300 g/mol. The zero-order valence-corrected chi connectivity index (χ0v) is 14.3. The molecule has 0 unspecified atom stereocenters. The van der Waals surface area contributed by atoms with Gasteiger partial charge in [0, 0.05) is 17.8 Å². The number of carbonyl (C=O) groups excluding carboxylic acids is 2. The first kappa shape index (κ1) is 15.7. The normalized spacial score (nSPS) is 33.3. The molecular formula is C20H26N2O2. The van der Waals surface area contributed by atoms with Crippen LogP contribution in [0.5, 0.6) is 0 Å². The maximum Gasteiger partial charge on any atom is 0.251 e. The first-order chi connectivity index (χ1) is 11.6. The van der Waals surface area contributed by atoms with Gasteiger partial charge in [-0.05, 0) is 81.4 Å².